The Morgan fingerprint density at radius 3 is 2.81 bits per heavy atom. The number of hydrogen-bond acceptors (Lipinski definition) is 3. The van der Waals surface area contributed by atoms with Gasteiger partial charge in [0.15, 0.2) is 0 Å². The standard InChI is InChI=1S/C17H17NO3/c19-17(9-8-15-7-4-11-21-15)18-10-12-20-13-16(18)14-5-2-1-3-6-14/h1-9,11,16H,10,12-13H2/b9-8-/t16-/m1/s1. The van der Waals surface area contributed by atoms with Crippen molar-refractivity contribution in [3.8, 4) is 0 Å². The summed E-state index contributed by atoms with van der Waals surface area (Å²) in [4.78, 5) is 14.3. The van der Waals surface area contributed by atoms with Crippen molar-refractivity contribution < 1.29 is 13.9 Å². The van der Waals surface area contributed by atoms with Crippen LogP contribution in [-0.2, 0) is 9.53 Å². The largest absolute Gasteiger partial charge is 0.465 e. The monoisotopic (exact) mass is 283 g/mol. The Morgan fingerprint density at radius 1 is 1.19 bits per heavy atom. The molecule has 1 saturated heterocycles. The fraction of sp³-hybridized carbons (Fsp3) is 0.235. The molecular weight excluding hydrogens is 266 g/mol. The summed E-state index contributed by atoms with van der Waals surface area (Å²) in [6.45, 7) is 1.70. The second-order valence-corrected chi connectivity index (χ2v) is 4.88. The van der Waals surface area contributed by atoms with E-state index in [1.54, 1.807) is 24.5 Å². The molecule has 0 unspecified atom stereocenters. The number of carbonyl (C=O) groups is 1. The number of amides is 1. The van der Waals surface area contributed by atoms with E-state index in [4.69, 9.17) is 9.15 Å². The van der Waals surface area contributed by atoms with E-state index in [2.05, 4.69) is 0 Å². The molecule has 0 spiro atoms. The van der Waals surface area contributed by atoms with Crippen LogP contribution in [0.15, 0.2) is 59.2 Å². The maximum Gasteiger partial charge on any atom is 0.247 e. The van der Waals surface area contributed by atoms with Crippen molar-refractivity contribution in [1.29, 1.82) is 0 Å². The van der Waals surface area contributed by atoms with Crippen LogP contribution in [0.3, 0.4) is 0 Å². The van der Waals surface area contributed by atoms with Gasteiger partial charge in [-0.05, 0) is 23.8 Å². The van der Waals surface area contributed by atoms with Crippen molar-refractivity contribution in [1.82, 2.24) is 4.90 Å². The minimum atomic E-state index is -0.0336. The number of hydrogen-bond donors (Lipinski definition) is 0. The van der Waals surface area contributed by atoms with E-state index in [1.807, 2.05) is 41.3 Å². The van der Waals surface area contributed by atoms with E-state index in [1.165, 1.54) is 0 Å². The van der Waals surface area contributed by atoms with Gasteiger partial charge in [0.25, 0.3) is 0 Å². The number of nitrogens with zero attached hydrogens (tertiary/aromatic N) is 1. The minimum absolute atomic E-state index is 0.0245. The first-order chi connectivity index (χ1) is 10.3. The zero-order valence-corrected chi connectivity index (χ0v) is 11.6. The molecule has 1 atom stereocenters. The Hall–Kier alpha value is -2.33. The third-order valence-corrected chi connectivity index (χ3v) is 3.53. The summed E-state index contributed by atoms with van der Waals surface area (Å²) in [5.41, 5.74) is 1.09. The number of rotatable bonds is 3. The highest BCUT2D eigenvalue weighted by molar-refractivity contribution is 5.91. The second kappa shape index (κ2) is 6.41. The normalized spacial score (nSPS) is 19.0. The molecule has 108 valence electrons. The number of benzene rings is 1. The third kappa shape index (κ3) is 3.23. The lowest BCUT2D eigenvalue weighted by Gasteiger charge is -2.35. The zero-order chi connectivity index (χ0) is 14.5. The zero-order valence-electron chi connectivity index (χ0n) is 11.6. The van der Waals surface area contributed by atoms with Gasteiger partial charge in [0.05, 0.1) is 25.5 Å². The molecule has 0 aliphatic carbocycles. The Bertz CT molecular complexity index is 604. The van der Waals surface area contributed by atoms with Gasteiger partial charge in [-0.2, -0.15) is 0 Å². The fourth-order valence-electron chi connectivity index (χ4n) is 2.45. The van der Waals surface area contributed by atoms with E-state index in [-0.39, 0.29) is 11.9 Å². The summed E-state index contributed by atoms with van der Waals surface area (Å²) in [6.07, 6.45) is 4.84. The predicted molar refractivity (Wildman–Crippen MR) is 79.5 cm³/mol. The molecule has 1 aliphatic rings. The molecule has 21 heavy (non-hydrogen) atoms. The predicted octanol–water partition coefficient (Wildman–Crippen LogP) is 2.89. The van der Waals surface area contributed by atoms with Gasteiger partial charge in [-0.15, -0.1) is 0 Å². The van der Waals surface area contributed by atoms with Crippen LogP contribution in [0, 0.1) is 0 Å². The first-order valence-corrected chi connectivity index (χ1v) is 6.99. The quantitative estimate of drug-likeness (QED) is 0.813. The molecule has 1 fully saturated rings. The highest BCUT2D eigenvalue weighted by Crippen LogP contribution is 2.24. The molecular formula is C17H17NO3. The van der Waals surface area contributed by atoms with Crippen LogP contribution in [0.1, 0.15) is 17.4 Å². The molecule has 1 aromatic carbocycles. The molecule has 0 radical (unpaired) electrons. The summed E-state index contributed by atoms with van der Waals surface area (Å²) < 4.78 is 10.7. The van der Waals surface area contributed by atoms with Gasteiger partial charge in [-0.1, -0.05) is 30.3 Å². The Labute approximate surface area is 123 Å². The lowest BCUT2D eigenvalue weighted by molar-refractivity contribution is -0.134. The van der Waals surface area contributed by atoms with Gasteiger partial charge in [-0.3, -0.25) is 4.79 Å². The molecule has 0 saturated carbocycles. The van der Waals surface area contributed by atoms with Crippen molar-refractivity contribution >= 4 is 12.0 Å². The molecule has 1 amide bonds. The smallest absolute Gasteiger partial charge is 0.247 e. The number of morpholine rings is 1. The average Bonchev–Trinajstić information content (AvgIpc) is 3.07. The van der Waals surface area contributed by atoms with Gasteiger partial charge in [-0.25, -0.2) is 0 Å². The van der Waals surface area contributed by atoms with Crippen LogP contribution in [0.5, 0.6) is 0 Å². The molecule has 1 aromatic heterocycles. The van der Waals surface area contributed by atoms with E-state index in [0.717, 1.165) is 5.56 Å². The highest BCUT2D eigenvalue weighted by Gasteiger charge is 2.27. The van der Waals surface area contributed by atoms with E-state index in [0.29, 0.717) is 25.5 Å². The topological polar surface area (TPSA) is 42.7 Å². The second-order valence-electron chi connectivity index (χ2n) is 4.88. The van der Waals surface area contributed by atoms with Crippen molar-refractivity contribution in [2.75, 3.05) is 19.8 Å². The SMILES string of the molecule is O=C(/C=C\c1ccco1)N1CCOC[C@@H]1c1ccccc1. The van der Waals surface area contributed by atoms with E-state index in [9.17, 15) is 4.79 Å². The van der Waals surface area contributed by atoms with Gasteiger partial charge in [0, 0.05) is 12.6 Å². The minimum Gasteiger partial charge on any atom is -0.465 e. The van der Waals surface area contributed by atoms with Crippen molar-refractivity contribution in [3.05, 3.63) is 66.1 Å². The lowest BCUT2D eigenvalue weighted by Crippen LogP contribution is -2.42. The number of carbonyl (C=O) groups excluding carboxylic acids is 1. The molecule has 2 heterocycles. The molecule has 3 rings (SSSR count). The average molecular weight is 283 g/mol. The fourth-order valence-corrected chi connectivity index (χ4v) is 2.45. The van der Waals surface area contributed by atoms with Crippen LogP contribution in [0.25, 0.3) is 6.08 Å². The molecule has 0 N–H and O–H groups in total. The summed E-state index contributed by atoms with van der Waals surface area (Å²) in [7, 11) is 0. The Kier molecular flexibility index (Phi) is 4.17. The van der Waals surface area contributed by atoms with Crippen molar-refractivity contribution in [3.63, 3.8) is 0 Å². The molecule has 4 nitrogen and oxygen atoms in total. The van der Waals surface area contributed by atoms with E-state index >= 15 is 0 Å². The van der Waals surface area contributed by atoms with Crippen molar-refractivity contribution in [2.45, 2.75) is 6.04 Å². The van der Waals surface area contributed by atoms with Gasteiger partial charge < -0.3 is 14.1 Å². The Morgan fingerprint density at radius 2 is 2.05 bits per heavy atom. The first kappa shape index (κ1) is 13.6. The first-order valence-electron chi connectivity index (χ1n) is 6.99. The maximum atomic E-state index is 12.4. The van der Waals surface area contributed by atoms with Crippen LogP contribution in [0.2, 0.25) is 0 Å². The van der Waals surface area contributed by atoms with Gasteiger partial charge in [0.2, 0.25) is 5.91 Å². The van der Waals surface area contributed by atoms with Crippen LogP contribution in [-0.4, -0.2) is 30.6 Å². The summed E-state index contributed by atoms with van der Waals surface area (Å²) in [5.74, 6) is 0.649. The molecule has 0 bridgehead atoms. The number of furan rings is 1. The summed E-state index contributed by atoms with van der Waals surface area (Å²) >= 11 is 0. The highest BCUT2D eigenvalue weighted by atomic mass is 16.5. The number of ether oxygens (including phenoxy) is 1. The summed E-state index contributed by atoms with van der Waals surface area (Å²) in [6, 6.07) is 13.6. The molecule has 1 aliphatic heterocycles. The summed E-state index contributed by atoms with van der Waals surface area (Å²) in [5, 5.41) is 0. The van der Waals surface area contributed by atoms with Crippen LogP contribution >= 0.6 is 0 Å². The van der Waals surface area contributed by atoms with Crippen LogP contribution in [0.4, 0.5) is 0 Å². The maximum absolute atomic E-state index is 12.4. The molecule has 4 heteroatoms. The van der Waals surface area contributed by atoms with E-state index < -0.39 is 0 Å². The third-order valence-electron chi connectivity index (χ3n) is 3.53. The van der Waals surface area contributed by atoms with Crippen molar-refractivity contribution in [2.24, 2.45) is 0 Å². The van der Waals surface area contributed by atoms with Gasteiger partial charge >= 0.3 is 0 Å². The van der Waals surface area contributed by atoms with Gasteiger partial charge in [0.1, 0.15) is 5.76 Å². The van der Waals surface area contributed by atoms with Crippen LogP contribution < -0.4 is 0 Å². The lowest BCUT2D eigenvalue weighted by atomic mass is 10.0. The Balaban J connectivity index is 1.76. The molecule has 2 aromatic rings.